The van der Waals surface area contributed by atoms with E-state index in [4.69, 9.17) is 10.8 Å². The molecule has 1 aliphatic heterocycles. The molecule has 0 saturated carbocycles. The lowest BCUT2D eigenvalue weighted by Gasteiger charge is -2.36. The molecular formula is C11H20N2O5S2. The minimum Gasteiger partial charge on any atom is -0.481 e. The molecule has 2 unspecified atom stereocenters. The Morgan fingerprint density at radius 1 is 1.50 bits per heavy atom. The Kier molecular flexibility index (Phi) is 6.28. The Balaban J connectivity index is 2.79. The van der Waals surface area contributed by atoms with Gasteiger partial charge in [-0.25, -0.2) is 8.42 Å². The largest absolute Gasteiger partial charge is 0.481 e. The first kappa shape index (κ1) is 17.3. The number of sulfone groups is 1. The topological polar surface area (TPSA) is 118 Å². The van der Waals surface area contributed by atoms with Crippen LogP contribution in [-0.2, 0) is 19.4 Å². The van der Waals surface area contributed by atoms with E-state index in [2.05, 4.69) is 0 Å². The monoisotopic (exact) mass is 324 g/mol. The summed E-state index contributed by atoms with van der Waals surface area (Å²) in [7, 11) is -3.37. The summed E-state index contributed by atoms with van der Waals surface area (Å²) in [6.45, 7) is 1.87. The van der Waals surface area contributed by atoms with Crippen LogP contribution in [0.3, 0.4) is 0 Å². The average molecular weight is 324 g/mol. The van der Waals surface area contributed by atoms with Crippen molar-refractivity contribution in [3.8, 4) is 0 Å². The number of nitrogens with two attached hydrogens (primary N) is 1. The lowest BCUT2D eigenvalue weighted by Crippen LogP contribution is -2.55. The van der Waals surface area contributed by atoms with Crippen LogP contribution in [0, 0.1) is 0 Å². The van der Waals surface area contributed by atoms with E-state index in [1.54, 1.807) is 6.92 Å². The molecule has 0 aromatic carbocycles. The van der Waals surface area contributed by atoms with Gasteiger partial charge in [0.15, 0.2) is 9.84 Å². The molecule has 0 spiro atoms. The molecule has 1 amide bonds. The van der Waals surface area contributed by atoms with E-state index < -0.39 is 33.1 Å². The standard InChI is InChI=1S/C11H20N2O5S2/c1-2-20(17,18)9-7-19-6-5-13(9)11(16)8(12)3-4-10(14)15/h8-9H,2-7,12H2,1H3,(H,14,15). The highest BCUT2D eigenvalue weighted by Crippen LogP contribution is 2.22. The molecule has 0 bridgehead atoms. The Labute approximate surface area is 122 Å². The maximum Gasteiger partial charge on any atom is 0.303 e. The molecule has 116 valence electrons. The fourth-order valence-electron chi connectivity index (χ4n) is 1.94. The minimum atomic E-state index is -3.37. The van der Waals surface area contributed by atoms with E-state index in [0.29, 0.717) is 18.1 Å². The van der Waals surface area contributed by atoms with Crippen LogP contribution in [0.15, 0.2) is 0 Å². The zero-order valence-corrected chi connectivity index (χ0v) is 13.0. The number of aliphatic carboxylic acids is 1. The molecule has 7 nitrogen and oxygen atoms in total. The van der Waals surface area contributed by atoms with Crippen LogP contribution >= 0.6 is 11.8 Å². The number of carbonyl (C=O) groups is 2. The van der Waals surface area contributed by atoms with Crippen molar-refractivity contribution in [1.29, 1.82) is 0 Å². The molecule has 1 saturated heterocycles. The van der Waals surface area contributed by atoms with Gasteiger partial charge >= 0.3 is 5.97 Å². The summed E-state index contributed by atoms with van der Waals surface area (Å²) < 4.78 is 24.0. The van der Waals surface area contributed by atoms with Crippen molar-refractivity contribution in [1.82, 2.24) is 4.90 Å². The highest BCUT2D eigenvalue weighted by atomic mass is 32.2. The Morgan fingerprint density at radius 3 is 2.70 bits per heavy atom. The molecular weight excluding hydrogens is 304 g/mol. The molecule has 3 N–H and O–H groups in total. The molecule has 2 atom stereocenters. The van der Waals surface area contributed by atoms with Gasteiger partial charge in [0.2, 0.25) is 5.91 Å². The second-order valence-corrected chi connectivity index (χ2v) is 8.15. The third-order valence-electron chi connectivity index (χ3n) is 3.17. The van der Waals surface area contributed by atoms with Crippen LogP contribution in [0.1, 0.15) is 19.8 Å². The van der Waals surface area contributed by atoms with Crippen molar-refractivity contribution in [2.75, 3.05) is 23.8 Å². The molecule has 0 aromatic rings. The van der Waals surface area contributed by atoms with Crippen LogP contribution in [0.4, 0.5) is 0 Å². The van der Waals surface area contributed by atoms with Gasteiger partial charge in [-0.2, -0.15) is 11.8 Å². The van der Waals surface area contributed by atoms with Crippen molar-refractivity contribution < 1.29 is 23.1 Å². The zero-order chi connectivity index (χ0) is 15.3. The molecule has 0 radical (unpaired) electrons. The average Bonchev–Trinajstić information content (AvgIpc) is 2.43. The maximum atomic E-state index is 12.2. The smallest absolute Gasteiger partial charge is 0.303 e. The third-order valence-corrected chi connectivity index (χ3v) is 6.46. The highest BCUT2D eigenvalue weighted by Gasteiger charge is 2.37. The third kappa shape index (κ3) is 4.35. The summed E-state index contributed by atoms with van der Waals surface area (Å²) in [6.07, 6.45) is -0.197. The predicted molar refractivity (Wildman–Crippen MR) is 77.1 cm³/mol. The van der Waals surface area contributed by atoms with E-state index in [-0.39, 0.29) is 18.6 Å². The summed E-state index contributed by atoms with van der Waals surface area (Å²) in [5, 5.41) is 7.74. The number of rotatable bonds is 6. The summed E-state index contributed by atoms with van der Waals surface area (Å²) in [5.74, 6) is -0.540. The van der Waals surface area contributed by atoms with Gasteiger partial charge in [-0.1, -0.05) is 6.92 Å². The second-order valence-electron chi connectivity index (χ2n) is 4.55. The fourth-order valence-corrected chi connectivity index (χ4v) is 4.91. The SMILES string of the molecule is CCS(=O)(=O)C1CSCCN1C(=O)C(N)CCC(=O)O. The molecule has 1 rings (SSSR count). The number of hydrogen-bond acceptors (Lipinski definition) is 6. The zero-order valence-electron chi connectivity index (χ0n) is 11.3. The fraction of sp³-hybridized carbons (Fsp3) is 0.818. The van der Waals surface area contributed by atoms with Gasteiger partial charge in [0, 0.05) is 30.2 Å². The Bertz CT molecular complexity index is 465. The van der Waals surface area contributed by atoms with Crippen molar-refractivity contribution in [3.63, 3.8) is 0 Å². The van der Waals surface area contributed by atoms with Gasteiger partial charge in [-0.15, -0.1) is 0 Å². The second kappa shape index (κ2) is 7.28. The molecule has 9 heteroatoms. The normalized spacial score (nSPS) is 21.5. The van der Waals surface area contributed by atoms with E-state index in [1.165, 1.54) is 16.7 Å². The molecule has 0 aromatic heterocycles. The van der Waals surface area contributed by atoms with Gasteiger partial charge in [-0.05, 0) is 6.42 Å². The van der Waals surface area contributed by atoms with Crippen LogP contribution < -0.4 is 5.73 Å². The number of carboxylic acids is 1. The van der Waals surface area contributed by atoms with Crippen LogP contribution in [0.5, 0.6) is 0 Å². The number of nitrogens with zero attached hydrogens (tertiary/aromatic N) is 1. The van der Waals surface area contributed by atoms with Crippen molar-refractivity contribution in [2.24, 2.45) is 5.73 Å². The predicted octanol–water partition coefficient (Wildman–Crippen LogP) is -0.485. The van der Waals surface area contributed by atoms with E-state index in [1.807, 2.05) is 0 Å². The Hall–Kier alpha value is -0.800. The van der Waals surface area contributed by atoms with E-state index in [0.717, 1.165) is 0 Å². The number of carbonyl (C=O) groups excluding carboxylic acids is 1. The summed E-state index contributed by atoms with van der Waals surface area (Å²) in [6, 6.07) is -0.969. The molecule has 20 heavy (non-hydrogen) atoms. The van der Waals surface area contributed by atoms with E-state index in [9.17, 15) is 18.0 Å². The van der Waals surface area contributed by atoms with Gasteiger partial charge in [0.1, 0.15) is 5.37 Å². The number of hydrogen-bond donors (Lipinski definition) is 2. The maximum absolute atomic E-state index is 12.2. The van der Waals surface area contributed by atoms with Crippen molar-refractivity contribution in [2.45, 2.75) is 31.2 Å². The lowest BCUT2D eigenvalue weighted by atomic mass is 10.1. The van der Waals surface area contributed by atoms with Crippen molar-refractivity contribution in [3.05, 3.63) is 0 Å². The number of thioether (sulfide) groups is 1. The van der Waals surface area contributed by atoms with Gasteiger partial charge in [0.05, 0.1) is 6.04 Å². The van der Waals surface area contributed by atoms with E-state index >= 15 is 0 Å². The lowest BCUT2D eigenvalue weighted by molar-refractivity contribution is -0.137. The van der Waals surface area contributed by atoms with Gasteiger partial charge in [0.25, 0.3) is 0 Å². The van der Waals surface area contributed by atoms with Gasteiger partial charge in [-0.3, -0.25) is 9.59 Å². The highest BCUT2D eigenvalue weighted by molar-refractivity contribution is 8.01. The molecule has 1 aliphatic rings. The molecule has 1 heterocycles. The molecule has 0 aliphatic carbocycles. The van der Waals surface area contributed by atoms with Crippen molar-refractivity contribution >= 4 is 33.5 Å². The summed E-state index contributed by atoms with van der Waals surface area (Å²) >= 11 is 1.49. The van der Waals surface area contributed by atoms with Crippen LogP contribution in [0.2, 0.25) is 0 Å². The quantitative estimate of drug-likeness (QED) is 0.677. The Morgan fingerprint density at radius 2 is 2.15 bits per heavy atom. The first-order chi connectivity index (χ1) is 9.29. The van der Waals surface area contributed by atoms with Crippen LogP contribution in [0.25, 0.3) is 0 Å². The van der Waals surface area contributed by atoms with Crippen LogP contribution in [-0.4, -0.2) is 65.5 Å². The van der Waals surface area contributed by atoms with Gasteiger partial charge < -0.3 is 15.7 Å². The number of carboxylic acid groups (broad SMARTS) is 1. The summed E-state index contributed by atoms with van der Waals surface area (Å²) in [5.41, 5.74) is 5.69. The minimum absolute atomic E-state index is 0.0106. The number of amides is 1. The summed E-state index contributed by atoms with van der Waals surface area (Å²) in [4.78, 5) is 24.0. The first-order valence-electron chi connectivity index (χ1n) is 6.36. The molecule has 1 fully saturated rings. The first-order valence-corrected chi connectivity index (χ1v) is 9.23.